The predicted octanol–water partition coefficient (Wildman–Crippen LogP) is 2.29. The van der Waals surface area contributed by atoms with Gasteiger partial charge in [0, 0.05) is 13.1 Å². The molecule has 0 radical (unpaired) electrons. The van der Waals surface area contributed by atoms with Crippen molar-refractivity contribution >= 4 is 0 Å². The molecule has 0 aromatic heterocycles. The number of rotatable bonds is 4. The molecule has 0 saturated heterocycles. The van der Waals surface area contributed by atoms with Crippen molar-refractivity contribution in [2.24, 2.45) is 5.92 Å². The van der Waals surface area contributed by atoms with E-state index in [0.717, 1.165) is 12.5 Å². The first kappa shape index (κ1) is 8.73. The lowest BCUT2D eigenvalue weighted by Crippen LogP contribution is -2.21. The first-order valence-corrected chi connectivity index (χ1v) is 4.82. The van der Waals surface area contributed by atoms with Gasteiger partial charge in [-0.15, -0.1) is 0 Å². The minimum atomic E-state index is 0.650. The molecule has 0 bridgehead atoms. The van der Waals surface area contributed by atoms with Gasteiger partial charge in [-0.2, -0.15) is 5.06 Å². The Morgan fingerprint density at radius 2 is 1.92 bits per heavy atom. The first-order chi connectivity index (χ1) is 6.34. The van der Waals surface area contributed by atoms with Crippen LogP contribution in [0.5, 0.6) is 0 Å². The monoisotopic (exact) mass is 177 g/mol. The van der Waals surface area contributed by atoms with E-state index < -0.39 is 0 Å². The van der Waals surface area contributed by atoms with E-state index in [1.807, 2.05) is 30.3 Å². The lowest BCUT2D eigenvalue weighted by molar-refractivity contribution is -0.103. The normalized spacial score (nSPS) is 16.5. The first-order valence-electron chi connectivity index (χ1n) is 4.82. The van der Waals surface area contributed by atoms with Gasteiger partial charge >= 0.3 is 0 Å². The van der Waals surface area contributed by atoms with E-state index >= 15 is 0 Å². The molecule has 2 rings (SSSR count). The molecule has 1 aliphatic carbocycles. The van der Waals surface area contributed by atoms with E-state index in [1.165, 1.54) is 23.5 Å². The maximum absolute atomic E-state index is 9.55. The van der Waals surface area contributed by atoms with Crippen molar-refractivity contribution in [3.8, 4) is 0 Å². The number of benzene rings is 1. The summed E-state index contributed by atoms with van der Waals surface area (Å²) in [6.45, 7) is 1.48. The quantitative estimate of drug-likeness (QED) is 0.713. The zero-order chi connectivity index (χ0) is 9.10. The van der Waals surface area contributed by atoms with Crippen LogP contribution in [0.2, 0.25) is 0 Å². The highest BCUT2D eigenvalue weighted by molar-refractivity contribution is 5.14. The summed E-state index contributed by atoms with van der Waals surface area (Å²) in [6, 6.07) is 10.1. The summed E-state index contributed by atoms with van der Waals surface area (Å²) in [5.74, 6) is 0.744. The second-order valence-corrected chi connectivity index (χ2v) is 3.78. The summed E-state index contributed by atoms with van der Waals surface area (Å²) < 4.78 is 0. The van der Waals surface area contributed by atoms with E-state index in [-0.39, 0.29) is 0 Å². The topological polar surface area (TPSA) is 23.5 Å². The molecule has 1 aliphatic rings. The minimum Gasteiger partial charge on any atom is -0.314 e. The van der Waals surface area contributed by atoms with E-state index in [1.54, 1.807) is 0 Å². The van der Waals surface area contributed by atoms with Crippen LogP contribution in [-0.4, -0.2) is 16.8 Å². The van der Waals surface area contributed by atoms with Gasteiger partial charge in [-0.3, -0.25) is 0 Å². The molecule has 1 N–H and O–H groups in total. The third-order valence-electron chi connectivity index (χ3n) is 2.37. The fourth-order valence-corrected chi connectivity index (χ4v) is 1.46. The molecule has 70 valence electrons. The second-order valence-electron chi connectivity index (χ2n) is 3.78. The van der Waals surface area contributed by atoms with Crippen molar-refractivity contribution in [3.05, 3.63) is 35.9 Å². The summed E-state index contributed by atoms with van der Waals surface area (Å²) in [7, 11) is 0. The van der Waals surface area contributed by atoms with Gasteiger partial charge in [-0.25, -0.2) is 0 Å². The van der Waals surface area contributed by atoms with Crippen LogP contribution in [0.25, 0.3) is 0 Å². The zero-order valence-corrected chi connectivity index (χ0v) is 7.69. The maximum Gasteiger partial charge on any atom is 0.0488 e. The standard InChI is InChI=1S/C11H15NO/c13-12(9-11-6-7-11)8-10-4-2-1-3-5-10/h1-5,11,13H,6-9H2. The molecule has 1 aromatic rings. The molecule has 0 spiro atoms. The SMILES string of the molecule is ON(Cc1ccccc1)CC1CC1. The summed E-state index contributed by atoms with van der Waals surface area (Å²) in [6.07, 6.45) is 2.57. The molecule has 1 saturated carbocycles. The molecular formula is C11H15NO. The highest BCUT2D eigenvalue weighted by Gasteiger charge is 2.23. The van der Waals surface area contributed by atoms with Crippen LogP contribution >= 0.6 is 0 Å². The van der Waals surface area contributed by atoms with Crippen LogP contribution in [-0.2, 0) is 6.54 Å². The second kappa shape index (κ2) is 3.90. The number of hydrogen-bond donors (Lipinski definition) is 1. The fraction of sp³-hybridized carbons (Fsp3) is 0.455. The molecule has 1 aromatic carbocycles. The average molecular weight is 177 g/mol. The van der Waals surface area contributed by atoms with E-state index in [2.05, 4.69) is 0 Å². The van der Waals surface area contributed by atoms with Crippen LogP contribution in [0, 0.1) is 5.92 Å². The Bertz CT molecular complexity index is 256. The Hall–Kier alpha value is -0.860. The highest BCUT2D eigenvalue weighted by Crippen LogP contribution is 2.29. The van der Waals surface area contributed by atoms with E-state index in [4.69, 9.17) is 0 Å². The highest BCUT2D eigenvalue weighted by atomic mass is 16.5. The summed E-state index contributed by atoms with van der Waals surface area (Å²) in [4.78, 5) is 0. The molecular weight excluding hydrogens is 162 g/mol. The van der Waals surface area contributed by atoms with Gasteiger partial charge in [0.15, 0.2) is 0 Å². The molecule has 0 unspecified atom stereocenters. The van der Waals surface area contributed by atoms with Gasteiger partial charge in [0.05, 0.1) is 0 Å². The van der Waals surface area contributed by atoms with Crippen molar-refractivity contribution in [1.29, 1.82) is 0 Å². The molecule has 0 heterocycles. The van der Waals surface area contributed by atoms with E-state index in [9.17, 15) is 5.21 Å². The zero-order valence-electron chi connectivity index (χ0n) is 7.69. The minimum absolute atomic E-state index is 0.650. The molecule has 1 fully saturated rings. The Labute approximate surface area is 78.8 Å². The largest absolute Gasteiger partial charge is 0.314 e. The van der Waals surface area contributed by atoms with E-state index in [0.29, 0.717) is 6.54 Å². The summed E-state index contributed by atoms with van der Waals surface area (Å²) in [5.41, 5.74) is 1.17. The van der Waals surface area contributed by atoms with Crippen molar-refractivity contribution in [1.82, 2.24) is 5.06 Å². The Balaban J connectivity index is 1.82. The van der Waals surface area contributed by atoms with Crippen LogP contribution in [0.3, 0.4) is 0 Å². The van der Waals surface area contributed by atoms with Gasteiger partial charge in [-0.1, -0.05) is 30.3 Å². The van der Waals surface area contributed by atoms with Crippen molar-refractivity contribution in [2.75, 3.05) is 6.54 Å². The Morgan fingerprint density at radius 1 is 1.23 bits per heavy atom. The number of hydroxylamine groups is 2. The molecule has 13 heavy (non-hydrogen) atoms. The van der Waals surface area contributed by atoms with Crippen molar-refractivity contribution in [3.63, 3.8) is 0 Å². The number of hydrogen-bond acceptors (Lipinski definition) is 2. The predicted molar refractivity (Wildman–Crippen MR) is 51.4 cm³/mol. The molecule has 0 amide bonds. The van der Waals surface area contributed by atoms with Gasteiger partial charge in [0.1, 0.15) is 0 Å². The van der Waals surface area contributed by atoms with Crippen molar-refractivity contribution in [2.45, 2.75) is 19.4 Å². The molecule has 0 aliphatic heterocycles. The third-order valence-corrected chi connectivity index (χ3v) is 2.37. The Morgan fingerprint density at radius 3 is 2.54 bits per heavy atom. The molecule has 2 nitrogen and oxygen atoms in total. The fourth-order valence-electron chi connectivity index (χ4n) is 1.46. The van der Waals surface area contributed by atoms with Gasteiger partial charge in [-0.05, 0) is 24.3 Å². The molecule has 0 atom stereocenters. The van der Waals surface area contributed by atoms with Crippen LogP contribution in [0.4, 0.5) is 0 Å². The van der Waals surface area contributed by atoms with Gasteiger partial charge in [0.25, 0.3) is 0 Å². The average Bonchev–Trinajstić information content (AvgIpc) is 2.90. The lowest BCUT2D eigenvalue weighted by Gasteiger charge is -2.13. The third kappa shape index (κ3) is 2.83. The van der Waals surface area contributed by atoms with Crippen LogP contribution < -0.4 is 0 Å². The lowest BCUT2D eigenvalue weighted by atomic mass is 10.2. The number of nitrogens with zero attached hydrogens (tertiary/aromatic N) is 1. The summed E-state index contributed by atoms with van der Waals surface area (Å²) >= 11 is 0. The smallest absolute Gasteiger partial charge is 0.0488 e. The Kier molecular flexibility index (Phi) is 2.62. The molecule has 2 heteroatoms. The van der Waals surface area contributed by atoms with Gasteiger partial charge in [0.2, 0.25) is 0 Å². The van der Waals surface area contributed by atoms with Gasteiger partial charge < -0.3 is 5.21 Å². The van der Waals surface area contributed by atoms with Crippen molar-refractivity contribution < 1.29 is 5.21 Å². The van der Waals surface area contributed by atoms with Crippen LogP contribution in [0.15, 0.2) is 30.3 Å². The maximum atomic E-state index is 9.55. The van der Waals surface area contributed by atoms with Crippen LogP contribution in [0.1, 0.15) is 18.4 Å². The summed E-state index contributed by atoms with van der Waals surface area (Å²) in [5, 5.41) is 11.0.